The Balaban J connectivity index is 1.53. The molecule has 1 aliphatic heterocycles. The predicted octanol–water partition coefficient (Wildman–Crippen LogP) is 0.880. The van der Waals surface area contributed by atoms with Crippen molar-refractivity contribution in [2.24, 2.45) is 7.05 Å². The summed E-state index contributed by atoms with van der Waals surface area (Å²) < 4.78 is 3.14. The molecule has 4 rings (SSSR count). The quantitative estimate of drug-likeness (QED) is 0.814. The standard InChI is InChI=1S/C19H25N5O2/c1-22-13-20-10-15(19(22)26)11-23-8-4-6-16(23)12-24-18(25)9-14-5-2-3-7-17(14)21-24/h9-10,13,16H,2-8,11-12H2,1H3. The van der Waals surface area contributed by atoms with Gasteiger partial charge in [0.15, 0.2) is 0 Å². The number of hydrogen-bond donors (Lipinski definition) is 0. The summed E-state index contributed by atoms with van der Waals surface area (Å²) in [4.78, 5) is 31.1. The Morgan fingerprint density at radius 1 is 1.19 bits per heavy atom. The van der Waals surface area contributed by atoms with E-state index in [-0.39, 0.29) is 17.2 Å². The minimum atomic E-state index is -0.00489. The minimum Gasteiger partial charge on any atom is -0.302 e. The van der Waals surface area contributed by atoms with Crippen molar-refractivity contribution in [1.29, 1.82) is 0 Å². The van der Waals surface area contributed by atoms with Crippen LogP contribution in [0.15, 0.2) is 28.2 Å². The zero-order valence-corrected chi connectivity index (χ0v) is 15.2. The van der Waals surface area contributed by atoms with Gasteiger partial charge in [-0.1, -0.05) is 0 Å². The molecule has 2 aromatic heterocycles. The molecule has 2 aliphatic rings. The van der Waals surface area contributed by atoms with Gasteiger partial charge in [-0.2, -0.15) is 5.10 Å². The monoisotopic (exact) mass is 355 g/mol. The van der Waals surface area contributed by atoms with Gasteiger partial charge in [-0.25, -0.2) is 9.67 Å². The minimum absolute atomic E-state index is 0.00482. The molecule has 2 aromatic rings. The van der Waals surface area contributed by atoms with E-state index in [1.165, 1.54) is 10.9 Å². The van der Waals surface area contributed by atoms with Crippen LogP contribution in [0.2, 0.25) is 0 Å². The molecule has 1 saturated heterocycles. The first-order valence-corrected chi connectivity index (χ1v) is 9.45. The van der Waals surface area contributed by atoms with Gasteiger partial charge in [0.2, 0.25) is 0 Å². The number of hydrogen-bond acceptors (Lipinski definition) is 5. The van der Waals surface area contributed by atoms with Crippen molar-refractivity contribution in [3.63, 3.8) is 0 Å². The molecule has 0 aromatic carbocycles. The summed E-state index contributed by atoms with van der Waals surface area (Å²) in [5.41, 5.74) is 2.90. The van der Waals surface area contributed by atoms with E-state index >= 15 is 0 Å². The Hall–Kier alpha value is -2.28. The van der Waals surface area contributed by atoms with Crippen molar-refractivity contribution < 1.29 is 0 Å². The first-order chi connectivity index (χ1) is 12.6. The number of aryl methyl sites for hydroxylation is 3. The molecule has 7 heteroatoms. The number of likely N-dealkylation sites (tertiary alicyclic amines) is 1. The Labute approximate surface area is 152 Å². The summed E-state index contributed by atoms with van der Waals surface area (Å²) in [5.74, 6) is 0. The lowest BCUT2D eigenvalue weighted by molar-refractivity contribution is 0.214. The van der Waals surface area contributed by atoms with Gasteiger partial charge in [0.1, 0.15) is 0 Å². The van der Waals surface area contributed by atoms with Crippen LogP contribution in [-0.2, 0) is 33.0 Å². The van der Waals surface area contributed by atoms with E-state index in [1.54, 1.807) is 24.0 Å². The lowest BCUT2D eigenvalue weighted by atomic mass is 9.97. The summed E-state index contributed by atoms with van der Waals surface area (Å²) in [7, 11) is 1.72. The molecule has 0 spiro atoms. The Morgan fingerprint density at radius 3 is 2.92 bits per heavy atom. The summed E-state index contributed by atoms with van der Waals surface area (Å²) in [6.45, 7) is 2.10. The van der Waals surface area contributed by atoms with Crippen molar-refractivity contribution in [3.8, 4) is 0 Å². The SMILES string of the molecule is Cn1cncc(CN2CCCC2Cn2nc3c(cc2=O)CCCC3)c1=O. The second-order valence-corrected chi connectivity index (χ2v) is 7.45. The molecular weight excluding hydrogens is 330 g/mol. The average molecular weight is 355 g/mol. The lowest BCUT2D eigenvalue weighted by Gasteiger charge is -2.25. The maximum absolute atomic E-state index is 12.5. The molecule has 3 heterocycles. The molecule has 1 atom stereocenters. The van der Waals surface area contributed by atoms with Gasteiger partial charge in [-0.05, 0) is 50.6 Å². The molecule has 26 heavy (non-hydrogen) atoms. The maximum Gasteiger partial charge on any atom is 0.267 e. The lowest BCUT2D eigenvalue weighted by Crippen LogP contribution is -2.38. The van der Waals surface area contributed by atoms with Crippen LogP contribution in [-0.4, -0.2) is 36.8 Å². The third-order valence-corrected chi connectivity index (χ3v) is 5.60. The topological polar surface area (TPSA) is 73.0 Å². The normalized spacial score (nSPS) is 20.3. The van der Waals surface area contributed by atoms with Gasteiger partial charge in [0.05, 0.1) is 18.6 Å². The van der Waals surface area contributed by atoms with Gasteiger partial charge in [-0.15, -0.1) is 0 Å². The van der Waals surface area contributed by atoms with Crippen LogP contribution < -0.4 is 11.1 Å². The highest BCUT2D eigenvalue weighted by atomic mass is 16.1. The van der Waals surface area contributed by atoms with Crippen LogP contribution in [0.4, 0.5) is 0 Å². The van der Waals surface area contributed by atoms with Crippen molar-refractivity contribution in [3.05, 3.63) is 56.1 Å². The van der Waals surface area contributed by atoms with E-state index in [1.807, 2.05) is 0 Å². The molecule has 0 N–H and O–H groups in total. The summed E-state index contributed by atoms with van der Waals surface area (Å²) >= 11 is 0. The molecule has 7 nitrogen and oxygen atoms in total. The molecular formula is C19H25N5O2. The highest BCUT2D eigenvalue weighted by molar-refractivity contribution is 5.20. The summed E-state index contributed by atoms with van der Waals surface area (Å²) in [6, 6.07) is 2.00. The van der Waals surface area contributed by atoms with Crippen molar-refractivity contribution in [2.75, 3.05) is 6.54 Å². The predicted molar refractivity (Wildman–Crippen MR) is 98.0 cm³/mol. The second kappa shape index (κ2) is 7.15. The van der Waals surface area contributed by atoms with Gasteiger partial charge in [-0.3, -0.25) is 14.5 Å². The maximum atomic E-state index is 12.5. The summed E-state index contributed by atoms with van der Waals surface area (Å²) in [6.07, 6.45) is 9.52. The Kier molecular flexibility index (Phi) is 4.72. The molecule has 1 fully saturated rings. The van der Waals surface area contributed by atoms with Crippen molar-refractivity contribution >= 4 is 0 Å². The largest absolute Gasteiger partial charge is 0.302 e. The Morgan fingerprint density at radius 2 is 2.04 bits per heavy atom. The molecule has 0 radical (unpaired) electrons. The number of aromatic nitrogens is 4. The van der Waals surface area contributed by atoms with Gasteiger partial charge in [0, 0.05) is 37.5 Å². The highest BCUT2D eigenvalue weighted by Crippen LogP contribution is 2.21. The highest BCUT2D eigenvalue weighted by Gasteiger charge is 2.27. The van der Waals surface area contributed by atoms with E-state index in [2.05, 4.69) is 15.0 Å². The Bertz CT molecular complexity index is 917. The van der Waals surface area contributed by atoms with Gasteiger partial charge < -0.3 is 4.57 Å². The zero-order chi connectivity index (χ0) is 18.1. The van der Waals surface area contributed by atoms with Crippen LogP contribution in [0.5, 0.6) is 0 Å². The molecule has 1 aliphatic carbocycles. The number of fused-ring (bicyclic) bond motifs is 1. The van der Waals surface area contributed by atoms with E-state index in [0.717, 1.165) is 56.3 Å². The molecule has 138 valence electrons. The molecule has 1 unspecified atom stereocenters. The van der Waals surface area contributed by atoms with Crippen LogP contribution >= 0.6 is 0 Å². The molecule has 0 bridgehead atoms. The fourth-order valence-electron chi connectivity index (χ4n) is 4.13. The van der Waals surface area contributed by atoms with Gasteiger partial charge >= 0.3 is 0 Å². The third-order valence-electron chi connectivity index (χ3n) is 5.60. The first-order valence-electron chi connectivity index (χ1n) is 9.45. The fraction of sp³-hybridized carbons (Fsp3) is 0.579. The molecule has 0 amide bonds. The van der Waals surface area contributed by atoms with Crippen molar-refractivity contribution in [2.45, 2.75) is 57.7 Å². The van der Waals surface area contributed by atoms with Crippen LogP contribution in [0.25, 0.3) is 0 Å². The summed E-state index contributed by atoms with van der Waals surface area (Å²) in [5, 5.41) is 4.65. The second-order valence-electron chi connectivity index (χ2n) is 7.45. The number of nitrogens with zero attached hydrogens (tertiary/aromatic N) is 5. The van der Waals surface area contributed by atoms with Crippen molar-refractivity contribution in [1.82, 2.24) is 24.2 Å². The smallest absolute Gasteiger partial charge is 0.267 e. The fourth-order valence-corrected chi connectivity index (χ4v) is 4.13. The number of rotatable bonds is 4. The van der Waals surface area contributed by atoms with E-state index in [4.69, 9.17) is 0 Å². The van der Waals surface area contributed by atoms with Crippen LogP contribution in [0, 0.1) is 0 Å². The van der Waals surface area contributed by atoms with E-state index in [9.17, 15) is 9.59 Å². The van der Waals surface area contributed by atoms with Gasteiger partial charge in [0.25, 0.3) is 11.1 Å². The van der Waals surface area contributed by atoms with E-state index < -0.39 is 0 Å². The average Bonchev–Trinajstić information content (AvgIpc) is 3.06. The third kappa shape index (κ3) is 3.35. The van der Waals surface area contributed by atoms with Crippen LogP contribution in [0.1, 0.15) is 42.5 Å². The first kappa shape index (κ1) is 17.1. The zero-order valence-electron chi connectivity index (χ0n) is 15.2. The van der Waals surface area contributed by atoms with E-state index in [0.29, 0.717) is 18.7 Å². The molecule has 0 saturated carbocycles. The van der Waals surface area contributed by atoms with Crippen LogP contribution in [0.3, 0.4) is 0 Å².